The number of hydrogen-bond acceptors (Lipinski definition) is 7. The monoisotopic (exact) mass is 574 g/mol. The summed E-state index contributed by atoms with van der Waals surface area (Å²) in [7, 11) is -10.5. The Balaban J connectivity index is 5.59. The lowest BCUT2D eigenvalue weighted by molar-refractivity contribution is -0.312. The number of carbonyl (C=O) groups excluding carboxylic acids is 2. The molecule has 0 aliphatic carbocycles. The first kappa shape index (κ1) is 33.0. The van der Waals surface area contributed by atoms with Gasteiger partial charge >= 0.3 is 33.1 Å². The maximum Gasteiger partial charge on any atom is 0.509 e. The fourth-order valence-electron chi connectivity index (χ4n) is 2.37. The van der Waals surface area contributed by atoms with Crippen LogP contribution in [0.25, 0.3) is 0 Å². The fraction of sp³-hybridized carbons (Fsp3) is 0.765. The van der Waals surface area contributed by atoms with Crippen LogP contribution in [0.3, 0.4) is 0 Å². The van der Waals surface area contributed by atoms with E-state index in [1.54, 1.807) is 0 Å². The van der Waals surface area contributed by atoms with Crippen molar-refractivity contribution in [2.75, 3.05) is 6.23 Å². The van der Waals surface area contributed by atoms with Crippen molar-refractivity contribution in [3.05, 3.63) is 12.2 Å². The van der Waals surface area contributed by atoms with Crippen LogP contribution in [0.4, 0.5) is 26.3 Å². The zero-order valence-corrected chi connectivity index (χ0v) is 24.6. The number of esters is 2. The SMILES string of the molecule is C[Si](C)(C)O[Si](COC(=O)C=CC(=O)OC(C(F)(F)F)C(F)(F)F)(O[Si](C)(C)C)O[Si](C)(C)C. The van der Waals surface area contributed by atoms with Crippen LogP contribution in [-0.4, -0.2) is 70.4 Å². The molecule has 0 spiro atoms. The largest absolute Gasteiger partial charge is 0.509 e. The predicted molar refractivity (Wildman–Crippen MR) is 121 cm³/mol. The zero-order chi connectivity index (χ0) is 27.4. The third-order valence-corrected chi connectivity index (χ3v) is 14.5. The summed E-state index contributed by atoms with van der Waals surface area (Å²) in [5.74, 6) is -3.24. The number of halogens is 6. The molecular formula is C17H32F6O7Si4. The summed E-state index contributed by atoms with van der Waals surface area (Å²) in [5.41, 5.74) is 0. The van der Waals surface area contributed by atoms with E-state index in [-0.39, 0.29) is 6.08 Å². The van der Waals surface area contributed by atoms with Crippen molar-refractivity contribution in [1.82, 2.24) is 0 Å². The highest BCUT2D eigenvalue weighted by Gasteiger charge is 2.59. The Morgan fingerprint density at radius 3 is 1.29 bits per heavy atom. The Kier molecular flexibility index (Phi) is 11.0. The second-order valence-corrected chi connectivity index (χ2v) is 26.9. The standard InChI is InChI=1S/C17H32F6O7Si4/c1-31(2,3)28-34(29-32(4,5)6,30-33(7,8)9)12-26-13(24)10-11-14(25)27-15(16(18,19)20)17(21,22)23/h10-11,15H,12H2,1-9H3. The van der Waals surface area contributed by atoms with Crippen molar-refractivity contribution in [3.8, 4) is 0 Å². The molecule has 0 saturated carbocycles. The average Bonchev–Trinajstić information content (AvgIpc) is 2.48. The van der Waals surface area contributed by atoms with Crippen LogP contribution in [-0.2, 0) is 31.4 Å². The summed E-state index contributed by atoms with van der Waals surface area (Å²) in [6, 6.07) is 0. The van der Waals surface area contributed by atoms with E-state index in [0.717, 1.165) is 0 Å². The Bertz CT molecular complexity index is 682. The van der Waals surface area contributed by atoms with Crippen molar-refractivity contribution in [1.29, 1.82) is 0 Å². The first-order chi connectivity index (χ1) is 14.7. The van der Waals surface area contributed by atoms with Gasteiger partial charge in [-0.25, -0.2) is 9.59 Å². The summed E-state index contributed by atoms with van der Waals surface area (Å²) >= 11 is 0. The van der Waals surface area contributed by atoms with Crippen molar-refractivity contribution in [2.45, 2.75) is 77.4 Å². The van der Waals surface area contributed by atoms with E-state index in [1.807, 2.05) is 58.9 Å². The molecule has 0 heterocycles. The van der Waals surface area contributed by atoms with Gasteiger partial charge in [0.2, 0.25) is 0 Å². The Labute approximate surface area is 199 Å². The molecule has 0 aromatic rings. The minimum atomic E-state index is -5.87. The third-order valence-electron chi connectivity index (χ3n) is 2.96. The van der Waals surface area contributed by atoms with Gasteiger partial charge in [-0.3, -0.25) is 0 Å². The highest BCUT2D eigenvalue weighted by atomic mass is 28.5. The molecule has 0 atom stereocenters. The van der Waals surface area contributed by atoms with Crippen LogP contribution < -0.4 is 0 Å². The van der Waals surface area contributed by atoms with E-state index in [0.29, 0.717) is 6.08 Å². The van der Waals surface area contributed by atoms with Crippen LogP contribution in [0.2, 0.25) is 58.9 Å². The Morgan fingerprint density at radius 1 is 0.676 bits per heavy atom. The van der Waals surface area contributed by atoms with E-state index in [1.165, 1.54) is 0 Å². The number of ether oxygens (including phenoxy) is 2. The van der Waals surface area contributed by atoms with Crippen molar-refractivity contribution < 1.29 is 57.8 Å². The van der Waals surface area contributed by atoms with E-state index in [4.69, 9.17) is 17.1 Å². The summed E-state index contributed by atoms with van der Waals surface area (Å²) in [5, 5.41) is 0. The molecule has 0 fully saturated rings. The number of carbonyl (C=O) groups is 2. The van der Waals surface area contributed by atoms with Crippen LogP contribution >= 0.6 is 0 Å². The molecule has 0 aliphatic rings. The molecule has 0 amide bonds. The minimum Gasteiger partial charge on any atom is -0.458 e. The van der Waals surface area contributed by atoms with E-state index >= 15 is 0 Å². The summed E-state index contributed by atoms with van der Waals surface area (Å²) in [4.78, 5) is 23.5. The molecule has 0 unspecified atom stereocenters. The van der Waals surface area contributed by atoms with Crippen LogP contribution in [0.1, 0.15) is 0 Å². The van der Waals surface area contributed by atoms with Gasteiger partial charge in [-0.05, 0) is 58.9 Å². The molecule has 0 bridgehead atoms. The average molecular weight is 575 g/mol. The molecule has 7 nitrogen and oxygen atoms in total. The normalized spacial score (nSPS) is 14.6. The molecule has 0 radical (unpaired) electrons. The van der Waals surface area contributed by atoms with Gasteiger partial charge in [0.1, 0.15) is 0 Å². The first-order valence-electron chi connectivity index (χ1n) is 10.0. The van der Waals surface area contributed by atoms with E-state index in [9.17, 15) is 35.9 Å². The molecular weight excluding hydrogens is 543 g/mol. The molecule has 0 aromatic heterocycles. The predicted octanol–water partition coefficient (Wildman–Crippen LogP) is 5.15. The summed E-state index contributed by atoms with van der Waals surface area (Å²) < 4.78 is 102. The summed E-state index contributed by atoms with van der Waals surface area (Å²) in [6.07, 6.45) is -16.0. The number of hydrogen-bond donors (Lipinski definition) is 0. The maximum absolute atomic E-state index is 12.5. The lowest BCUT2D eigenvalue weighted by atomic mass is 10.3. The van der Waals surface area contributed by atoms with Crippen LogP contribution in [0.5, 0.6) is 0 Å². The number of rotatable bonds is 11. The smallest absolute Gasteiger partial charge is 0.458 e. The van der Waals surface area contributed by atoms with Crippen LogP contribution in [0.15, 0.2) is 12.2 Å². The molecule has 0 aliphatic heterocycles. The third kappa shape index (κ3) is 14.4. The minimum absolute atomic E-state index is 0.119. The van der Waals surface area contributed by atoms with Gasteiger partial charge < -0.3 is 21.8 Å². The quantitative estimate of drug-likeness (QED) is 0.146. The highest BCUT2D eigenvalue weighted by Crippen LogP contribution is 2.35. The number of alkyl halides is 6. The lowest BCUT2D eigenvalue weighted by Gasteiger charge is -2.42. The topological polar surface area (TPSA) is 80.3 Å². The molecule has 0 rings (SSSR count). The molecule has 34 heavy (non-hydrogen) atoms. The molecule has 0 aromatic carbocycles. The molecule has 0 saturated heterocycles. The van der Waals surface area contributed by atoms with Gasteiger partial charge in [-0.1, -0.05) is 0 Å². The molecule has 17 heteroatoms. The Morgan fingerprint density at radius 2 is 1.00 bits per heavy atom. The lowest BCUT2D eigenvalue weighted by Crippen LogP contribution is -2.63. The second kappa shape index (κ2) is 11.4. The van der Waals surface area contributed by atoms with Crippen LogP contribution in [0, 0.1) is 0 Å². The van der Waals surface area contributed by atoms with Gasteiger partial charge in [0.05, 0.1) is 0 Å². The second-order valence-electron chi connectivity index (χ2n) is 10.2. The molecule has 0 N–H and O–H groups in total. The van der Waals surface area contributed by atoms with Gasteiger partial charge in [-0.15, -0.1) is 0 Å². The van der Waals surface area contributed by atoms with E-state index in [2.05, 4.69) is 4.74 Å². The van der Waals surface area contributed by atoms with E-state index < -0.39 is 70.4 Å². The first-order valence-corrected chi connectivity index (χ1v) is 22.2. The highest BCUT2D eigenvalue weighted by molar-refractivity contribution is 6.90. The van der Waals surface area contributed by atoms with Gasteiger partial charge in [0, 0.05) is 12.2 Å². The van der Waals surface area contributed by atoms with Gasteiger partial charge in [0.15, 0.2) is 31.2 Å². The van der Waals surface area contributed by atoms with Crippen molar-refractivity contribution >= 4 is 45.7 Å². The Hall–Kier alpha value is -0.992. The van der Waals surface area contributed by atoms with Gasteiger partial charge in [0.25, 0.3) is 6.10 Å². The zero-order valence-electron chi connectivity index (χ0n) is 20.6. The maximum atomic E-state index is 12.5. The molecule has 200 valence electrons. The van der Waals surface area contributed by atoms with Crippen molar-refractivity contribution in [2.24, 2.45) is 0 Å². The fourth-order valence-corrected chi connectivity index (χ4v) is 16.2. The van der Waals surface area contributed by atoms with Gasteiger partial charge in [-0.2, -0.15) is 26.3 Å². The van der Waals surface area contributed by atoms with Crippen molar-refractivity contribution in [3.63, 3.8) is 0 Å². The summed E-state index contributed by atoms with van der Waals surface area (Å²) in [6.45, 7) is 16.9.